The van der Waals surface area contributed by atoms with Crippen LogP contribution in [0.3, 0.4) is 0 Å². The average molecular weight is 244 g/mol. The van der Waals surface area contributed by atoms with Crippen molar-refractivity contribution in [1.82, 2.24) is 20.4 Å². The number of nitrogens with zero attached hydrogens (tertiary/aromatic N) is 3. The van der Waals surface area contributed by atoms with Gasteiger partial charge in [0, 0.05) is 18.7 Å². The molecule has 1 saturated heterocycles. The standard InChI is InChI=1S/C13H16N4O/c1-9-4-6-15-11(7-9)13-16-12(18-17-13)8-10-3-2-5-14-10/h4,6-7,10,14H,2-3,5,8H2,1H3. The van der Waals surface area contributed by atoms with Gasteiger partial charge in [0.25, 0.3) is 0 Å². The second-order valence-corrected chi connectivity index (χ2v) is 4.73. The van der Waals surface area contributed by atoms with E-state index in [-0.39, 0.29) is 0 Å². The number of hydrogen-bond acceptors (Lipinski definition) is 5. The Hall–Kier alpha value is -1.75. The van der Waals surface area contributed by atoms with E-state index in [1.165, 1.54) is 12.8 Å². The van der Waals surface area contributed by atoms with Crippen LogP contribution in [0.25, 0.3) is 11.5 Å². The van der Waals surface area contributed by atoms with Gasteiger partial charge in [0.05, 0.1) is 0 Å². The first kappa shape index (κ1) is 11.3. The van der Waals surface area contributed by atoms with Crippen molar-refractivity contribution in [1.29, 1.82) is 0 Å². The highest BCUT2D eigenvalue weighted by Gasteiger charge is 2.18. The van der Waals surface area contributed by atoms with Gasteiger partial charge in [-0.1, -0.05) is 5.16 Å². The molecule has 0 spiro atoms. The van der Waals surface area contributed by atoms with Crippen molar-refractivity contribution < 1.29 is 4.52 Å². The molecule has 0 aromatic carbocycles. The van der Waals surface area contributed by atoms with E-state index in [2.05, 4.69) is 20.4 Å². The molecule has 0 saturated carbocycles. The summed E-state index contributed by atoms with van der Waals surface area (Å²) >= 11 is 0. The number of rotatable bonds is 3. The molecule has 5 heteroatoms. The lowest BCUT2D eigenvalue weighted by molar-refractivity contribution is 0.364. The Bertz CT molecular complexity index is 531. The summed E-state index contributed by atoms with van der Waals surface area (Å²) in [5.74, 6) is 1.26. The Morgan fingerprint density at radius 3 is 3.22 bits per heavy atom. The van der Waals surface area contributed by atoms with Crippen molar-refractivity contribution in [2.75, 3.05) is 6.54 Å². The second kappa shape index (κ2) is 4.86. The van der Waals surface area contributed by atoms with E-state index < -0.39 is 0 Å². The van der Waals surface area contributed by atoms with Crippen molar-refractivity contribution in [2.45, 2.75) is 32.2 Å². The number of nitrogens with one attached hydrogen (secondary N) is 1. The first-order chi connectivity index (χ1) is 8.81. The molecule has 1 atom stereocenters. The predicted octanol–water partition coefficient (Wildman–Crippen LogP) is 1.73. The maximum Gasteiger partial charge on any atom is 0.228 e. The lowest BCUT2D eigenvalue weighted by atomic mass is 10.1. The van der Waals surface area contributed by atoms with Crippen LogP contribution in [0.4, 0.5) is 0 Å². The minimum Gasteiger partial charge on any atom is -0.339 e. The van der Waals surface area contributed by atoms with Gasteiger partial charge < -0.3 is 9.84 Å². The van der Waals surface area contributed by atoms with Gasteiger partial charge in [-0.2, -0.15) is 4.98 Å². The van der Waals surface area contributed by atoms with Gasteiger partial charge in [0.1, 0.15) is 5.69 Å². The zero-order chi connectivity index (χ0) is 12.4. The SMILES string of the molecule is Cc1ccnc(-c2noc(CC3CCCN3)n2)c1. The summed E-state index contributed by atoms with van der Waals surface area (Å²) in [4.78, 5) is 8.66. The van der Waals surface area contributed by atoms with E-state index in [0.29, 0.717) is 17.8 Å². The summed E-state index contributed by atoms with van der Waals surface area (Å²) in [7, 11) is 0. The maximum absolute atomic E-state index is 5.28. The van der Waals surface area contributed by atoms with Crippen molar-refractivity contribution in [3.8, 4) is 11.5 Å². The van der Waals surface area contributed by atoms with E-state index >= 15 is 0 Å². The third kappa shape index (κ3) is 2.41. The molecule has 0 bridgehead atoms. The molecule has 1 unspecified atom stereocenters. The van der Waals surface area contributed by atoms with Gasteiger partial charge in [-0.15, -0.1) is 0 Å². The fraction of sp³-hybridized carbons (Fsp3) is 0.462. The first-order valence-corrected chi connectivity index (χ1v) is 6.30. The van der Waals surface area contributed by atoms with E-state index in [4.69, 9.17) is 4.52 Å². The second-order valence-electron chi connectivity index (χ2n) is 4.73. The van der Waals surface area contributed by atoms with Crippen LogP contribution in [0.15, 0.2) is 22.9 Å². The molecule has 0 aliphatic carbocycles. The van der Waals surface area contributed by atoms with Crippen LogP contribution in [0.5, 0.6) is 0 Å². The van der Waals surface area contributed by atoms with Gasteiger partial charge in [-0.25, -0.2) is 0 Å². The van der Waals surface area contributed by atoms with Gasteiger partial charge in [0.2, 0.25) is 11.7 Å². The largest absolute Gasteiger partial charge is 0.339 e. The highest BCUT2D eigenvalue weighted by molar-refractivity contribution is 5.48. The van der Waals surface area contributed by atoms with Crippen LogP contribution < -0.4 is 5.32 Å². The van der Waals surface area contributed by atoms with Crippen LogP contribution in [0, 0.1) is 6.92 Å². The monoisotopic (exact) mass is 244 g/mol. The topological polar surface area (TPSA) is 63.8 Å². The van der Waals surface area contributed by atoms with Crippen molar-refractivity contribution in [3.63, 3.8) is 0 Å². The fourth-order valence-corrected chi connectivity index (χ4v) is 2.24. The molecular formula is C13H16N4O. The third-order valence-corrected chi connectivity index (χ3v) is 3.20. The molecule has 1 aliphatic rings. The molecule has 1 aliphatic heterocycles. The van der Waals surface area contributed by atoms with E-state index in [1.54, 1.807) is 6.20 Å². The van der Waals surface area contributed by atoms with Crippen LogP contribution >= 0.6 is 0 Å². The average Bonchev–Trinajstić information content (AvgIpc) is 3.01. The van der Waals surface area contributed by atoms with Gasteiger partial charge in [0.15, 0.2) is 0 Å². The van der Waals surface area contributed by atoms with Gasteiger partial charge in [-0.3, -0.25) is 4.98 Å². The first-order valence-electron chi connectivity index (χ1n) is 6.30. The molecule has 0 amide bonds. The number of aromatic nitrogens is 3. The minimum absolute atomic E-state index is 0.476. The molecule has 1 fully saturated rings. The Labute approximate surface area is 106 Å². The molecule has 94 valence electrons. The molecule has 2 aromatic heterocycles. The van der Waals surface area contributed by atoms with Crippen molar-refractivity contribution in [2.24, 2.45) is 0 Å². The molecule has 0 radical (unpaired) electrons. The minimum atomic E-state index is 0.476. The lowest BCUT2D eigenvalue weighted by Gasteiger charge is -2.04. The lowest BCUT2D eigenvalue weighted by Crippen LogP contribution is -2.23. The van der Waals surface area contributed by atoms with E-state index in [1.807, 2.05) is 19.1 Å². The van der Waals surface area contributed by atoms with Crippen LogP contribution in [0.1, 0.15) is 24.3 Å². The normalized spacial score (nSPS) is 19.3. The summed E-state index contributed by atoms with van der Waals surface area (Å²) in [6.45, 7) is 3.11. The summed E-state index contributed by atoms with van der Waals surface area (Å²) < 4.78 is 5.28. The molecular weight excluding hydrogens is 228 g/mol. The number of pyridine rings is 1. The number of hydrogen-bond donors (Lipinski definition) is 1. The highest BCUT2D eigenvalue weighted by atomic mass is 16.5. The quantitative estimate of drug-likeness (QED) is 0.890. The molecule has 2 aromatic rings. The maximum atomic E-state index is 5.28. The smallest absolute Gasteiger partial charge is 0.228 e. The van der Waals surface area contributed by atoms with Crippen molar-refractivity contribution >= 4 is 0 Å². The molecule has 18 heavy (non-hydrogen) atoms. The van der Waals surface area contributed by atoms with Crippen LogP contribution in [-0.2, 0) is 6.42 Å². The zero-order valence-electron chi connectivity index (χ0n) is 10.4. The Balaban J connectivity index is 1.76. The van der Waals surface area contributed by atoms with Gasteiger partial charge in [-0.05, 0) is 44.0 Å². The molecule has 3 rings (SSSR count). The number of aryl methyl sites for hydroxylation is 1. The van der Waals surface area contributed by atoms with Gasteiger partial charge >= 0.3 is 0 Å². The fourth-order valence-electron chi connectivity index (χ4n) is 2.24. The predicted molar refractivity (Wildman–Crippen MR) is 67.0 cm³/mol. The summed E-state index contributed by atoms with van der Waals surface area (Å²) in [5.41, 5.74) is 1.91. The summed E-state index contributed by atoms with van der Waals surface area (Å²) in [5, 5.41) is 7.41. The third-order valence-electron chi connectivity index (χ3n) is 3.20. The Morgan fingerprint density at radius 1 is 1.50 bits per heavy atom. The van der Waals surface area contributed by atoms with E-state index in [9.17, 15) is 0 Å². The highest BCUT2D eigenvalue weighted by Crippen LogP contribution is 2.16. The summed E-state index contributed by atoms with van der Waals surface area (Å²) in [6.07, 6.45) is 4.98. The van der Waals surface area contributed by atoms with Crippen LogP contribution in [0.2, 0.25) is 0 Å². The molecule has 1 N–H and O–H groups in total. The van der Waals surface area contributed by atoms with Crippen LogP contribution in [-0.4, -0.2) is 27.7 Å². The summed E-state index contributed by atoms with van der Waals surface area (Å²) in [6, 6.07) is 4.39. The molecule has 5 nitrogen and oxygen atoms in total. The Kier molecular flexibility index (Phi) is 3.06. The molecule has 3 heterocycles. The Morgan fingerprint density at radius 2 is 2.44 bits per heavy atom. The van der Waals surface area contributed by atoms with Crippen molar-refractivity contribution in [3.05, 3.63) is 29.8 Å². The van der Waals surface area contributed by atoms with E-state index in [0.717, 1.165) is 24.2 Å². The zero-order valence-corrected chi connectivity index (χ0v) is 10.4.